The Morgan fingerprint density at radius 3 is 2.90 bits per heavy atom. The Labute approximate surface area is 131 Å². The molecule has 1 saturated heterocycles. The van der Waals surface area contributed by atoms with Gasteiger partial charge in [0.2, 0.25) is 0 Å². The van der Waals surface area contributed by atoms with Crippen LogP contribution in [0.5, 0.6) is 0 Å². The second-order valence-electron chi connectivity index (χ2n) is 5.37. The van der Waals surface area contributed by atoms with Crippen molar-refractivity contribution in [2.45, 2.75) is 51.2 Å². The zero-order valence-electron chi connectivity index (χ0n) is 12.0. The van der Waals surface area contributed by atoms with Crippen molar-refractivity contribution in [2.24, 2.45) is 0 Å². The molecule has 2 rings (SSSR count). The van der Waals surface area contributed by atoms with Crippen molar-refractivity contribution in [3.05, 3.63) is 33.8 Å². The predicted molar refractivity (Wildman–Crippen MR) is 85.7 cm³/mol. The number of ether oxygens (including phenoxy) is 1. The summed E-state index contributed by atoms with van der Waals surface area (Å²) in [6.45, 7) is 4.02. The predicted octanol–water partition coefficient (Wildman–Crippen LogP) is 4.99. The summed E-state index contributed by atoms with van der Waals surface area (Å²) < 4.78 is 5.86. The highest BCUT2D eigenvalue weighted by atomic mass is 35.5. The Morgan fingerprint density at radius 2 is 2.20 bits per heavy atom. The first-order valence-corrected chi connectivity index (χ1v) is 8.27. The summed E-state index contributed by atoms with van der Waals surface area (Å²) in [4.78, 5) is 0. The van der Waals surface area contributed by atoms with E-state index in [9.17, 15) is 0 Å². The van der Waals surface area contributed by atoms with E-state index in [2.05, 4.69) is 18.3 Å². The molecule has 2 atom stereocenters. The molecular weight excluding hydrogens is 293 g/mol. The molecule has 112 valence electrons. The lowest BCUT2D eigenvalue weighted by molar-refractivity contribution is 0.00506. The van der Waals surface area contributed by atoms with Crippen LogP contribution in [-0.2, 0) is 4.74 Å². The highest BCUT2D eigenvalue weighted by Crippen LogP contribution is 2.33. The molecule has 0 radical (unpaired) electrons. The largest absolute Gasteiger partial charge is 0.378 e. The Kier molecular flexibility index (Phi) is 6.63. The lowest BCUT2D eigenvalue weighted by atomic mass is 9.96. The number of hydrogen-bond acceptors (Lipinski definition) is 2. The molecule has 0 amide bonds. The normalized spacial score (nSPS) is 20.9. The van der Waals surface area contributed by atoms with Gasteiger partial charge in [-0.2, -0.15) is 0 Å². The van der Waals surface area contributed by atoms with Gasteiger partial charge in [0.1, 0.15) is 0 Å². The molecule has 2 unspecified atom stereocenters. The van der Waals surface area contributed by atoms with Crippen molar-refractivity contribution in [3.63, 3.8) is 0 Å². The van der Waals surface area contributed by atoms with Crippen LogP contribution in [-0.4, -0.2) is 19.3 Å². The minimum Gasteiger partial charge on any atom is -0.378 e. The summed E-state index contributed by atoms with van der Waals surface area (Å²) in [5.41, 5.74) is 1.08. The lowest BCUT2D eigenvalue weighted by Gasteiger charge is -2.28. The van der Waals surface area contributed by atoms with Gasteiger partial charge in [0, 0.05) is 12.6 Å². The van der Waals surface area contributed by atoms with E-state index in [0.29, 0.717) is 16.1 Å². The van der Waals surface area contributed by atoms with Crippen molar-refractivity contribution >= 4 is 23.2 Å². The average Bonchev–Trinajstić information content (AvgIpc) is 2.48. The molecule has 0 aliphatic carbocycles. The minimum atomic E-state index is 0.212. The third kappa shape index (κ3) is 4.36. The van der Waals surface area contributed by atoms with Crippen molar-refractivity contribution in [1.82, 2.24) is 5.32 Å². The fourth-order valence-corrected chi connectivity index (χ4v) is 3.12. The third-order valence-corrected chi connectivity index (χ3v) is 4.60. The molecule has 1 heterocycles. The monoisotopic (exact) mass is 315 g/mol. The molecule has 0 saturated carbocycles. The van der Waals surface area contributed by atoms with Crippen LogP contribution < -0.4 is 5.32 Å². The maximum atomic E-state index is 6.37. The van der Waals surface area contributed by atoms with E-state index in [0.717, 1.165) is 38.0 Å². The van der Waals surface area contributed by atoms with Crippen LogP contribution in [0.4, 0.5) is 0 Å². The van der Waals surface area contributed by atoms with E-state index in [1.54, 1.807) is 0 Å². The maximum absolute atomic E-state index is 6.37. The fourth-order valence-electron chi connectivity index (χ4n) is 2.68. The number of rotatable bonds is 6. The Morgan fingerprint density at radius 1 is 1.35 bits per heavy atom. The summed E-state index contributed by atoms with van der Waals surface area (Å²) >= 11 is 12.5. The number of hydrogen-bond donors (Lipinski definition) is 1. The van der Waals surface area contributed by atoms with Crippen molar-refractivity contribution in [2.75, 3.05) is 13.2 Å². The fraction of sp³-hybridized carbons (Fsp3) is 0.625. The molecule has 1 aliphatic rings. The second kappa shape index (κ2) is 8.23. The van der Waals surface area contributed by atoms with E-state index in [4.69, 9.17) is 27.9 Å². The maximum Gasteiger partial charge on any atom is 0.0640 e. The molecular formula is C16H23Cl2NO. The standard InChI is InChI=1S/C16H23Cl2NO/c1-2-9-19-15(11-12-6-3-4-10-20-12)13-7-5-8-14(17)16(13)18/h5,7-8,12,15,19H,2-4,6,9-11H2,1H3. The van der Waals surface area contributed by atoms with Gasteiger partial charge >= 0.3 is 0 Å². The van der Waals surface area contributed by atoms with Gasteiger partial charge in [0.05, 0.1) is 16.1 Å². The van der Waals surface area contributed by atoms with Crippen LogP contribution in [0.3, 0.4) is 0 Å². The summed E-state index contributed by atoms with van der Waals surface area (Å²) in [7, 11) is 0. The topological polar surface area (TPSA) is 21.3 Å². The van der Waals surface area contributed by atoms with Gasteiger partial charge < -0.3 is 10.1 Å². The van der Waals surface area contributed by atoms with E-state index in [1.165, 1.54) is 12.8 Å². The van der Waals surface area contributed by atoms with Crippen LogP contribution in [0.25, 0.3) is 0 Å². The summed E-state index contributed by atoms with van der Waals surface area (Å²) in [5, 5.41) is 4.87. The summed E-state index contributed by atoms with van der Waals surface area (Å²) in [6.07, 6.45) is 5.96. The van der Waals surface area contributed by atoms with Gasteiger partial charge in [-0.15, -0.1) is 0 Å². The smallest absolute Gasteiger partial charge is 0.0640 e. The molecule has 2 nitrogen and oxygen atoms in total. The average molecular weight is 316 g/mol. The van der Waals surface area contributed by atoms with E-state index < -0.39 is 0 Å². The third-order valence-electron chi connectivity index (χ3n) is 3.77. The van der Waals surface area contributed by atoms with Gasteiger partial charge in [-0.3, -0.25) is 0 Å². The molecule has 1 fully saturated rings. The highest BCUT2D eigenvalue weighted by Gasteiger charge is 2.22. The van der Waals surface area contributed by atoms with Gasteiger partial charge in [-0.25, -0.2) is 0 Å². The van der Waals surface area contributed by atoms with E-state index in [-0.39, 0.29) is 6.04 Å². The van der Waals surface area contributed by atoms with E-state index >= 15 is 0 Å². The minimum absolute atomic E-state index is 0.212. The SMILES string of the molecule is CCCNC(CC1CCCCO1)c1cccc(Cl)c1Cl. The Balaban J connectivity index is 2.11. The first-order valence-electron chi connectivity index (χ1n) is 7.51. The van der Waals surface area contributed by atoms with Crippen LogP contribution in [0.2, 0.25) is 10.0 Å². The number of benzene rings is 1. The molecule has 0 aromatic heterocycles. The van der Waals surface area contributed by atoms with Crippen molar-refractivity contribution in [1.29, 1.82) is 0 Å². The summed E-state index contributed by atoms with van der Waals surface area (Å²) in [6, 6.07) is 6.07. The molecule has 20 heavy (non-hydrogen) atoms. The zero-order valence-corrected chi connectivity index (χ0v) is 13.5. The van der Waals surface area contributed by atoms with E-state index in [1.807, 2.05) is 12.1 Å². The Hall–Kier alpha value is -0.280. The van der Waals surface area contributed by atoms with Gasteiger partial charge in [0.25, 0.3) is 0 Å². The Bertz CT molecular complexity index is 419. The molecule has 1 aliphatic heterocycles. The van der Waals surface area contributed by atoms with Crippen molar-refractivity contribution in [3.8, 4) is 0 Å². The zero-order chi connectivity index (χ0) is 14.4. The molecule has 1 aromatic carbocycles. The van der Waals surface area contributed by atoms with Crippen LogP contribution in [0, 0.1) is 0 Å². The lowest BCUT2D eigenvalue weighted by Crippen LogP contribution is -2.29. The first kappa shape index (κ1) is 16.1. The second-order valence-corrected chi connectivity index (χ2v) is 6.16. The van der Waals surface area contributed by atoms with Gasteiger partial charge in [0.15, 0.2) is 0 Å². The first-order chi connectivity index (χ1) is 9.72. The molecule has 1 N–H and O–H groups in total. The van der Waals surface area contributed by atoms with Crippen molar-refractivity contribution < 1.29 is 4.74 Å². The quantitative estimate of drug-likeness (QED) is 0.798. The van der Waals surface area contributed by atoms with Gasteiger partial charge in [-0.05, 0) is 50.3 Å². The molecule has 0 bridgehead atoms. The highest BCUT2D eigenvalue weighted by molar-refractivity contribution is 6.42. The number of nitrogens with one attached hydrogen (secondary N) is 1. The van der Waals surface area contributed by atoms with Crippen LogP contribution in [0.15, 0.2) is 18.2 Å². The van der Waals surface area contributed by atoms with Crippen LogP contribution in [0.1, 0.15) is 50.6 Å². The summed E-state index contributed by atoms with van der Waals surface area (Å²) in [5.74, 6) is 0. The number of halogens is 2. The van der Waals surface area contributed by atoms with Gasteiger partial charge in [-0.1, -0.05) is 42.3 Å². The molecule has 4 heteroatoms. The molecule has 0 spiro atoms. The molecule has 1 aromatic rings. The van der Waals surface area contributed by atoms with Crippen LogP contribution >= 0.6 is 23.2 Å².